The van der Waals surface area contributed by atoms with Crippen LogP contribution in [0.5, 0.6) is 0 Å². The molecule has 2 aromatic rings. The minimum Gasteiger partial charge on any atom is -0.618 e. The Bertz CT molecular complexity index is 719. The Hall–Kier alpha value is -2.02. The maximum atomic E-state index is 11.6. The number of nitrogens with one attached hydrogen (secondary N) is 1. The molecule has 0 bridgehead atoms. The molecule has 0 fully saturated rings. The molecule has 23 heavy (non-hydrogen) atoms. The number of para-hydroxylation sites is 1. The van der Waals surface area contributed by atoms with Crippen LogP contribution in [0.4, 0.5) is 5.69 Å². The third kappa shape index (κ3) is 3.67. The van der Waals surface area contributed by atoms with E-state index in [4.69, 9.17) is 28.0 Å². The molecule has 3 rings (SSSR count). The molecule has 1 N–H and O–H groups in total. The quantitative estimate of drug-likeness (QED) is 0.678. The lowest BCUT2D eigenvalue weighted by atomic mass is 10.3. The fourth-order valence-corrected chi connectivity index (χ4v) is 2.60. The molecular formula is C15H14Cl2N4O2. The number of aromatic nitrogens is 1. The van der Waals surface area contributed by atoms with Crippen LogP contribution in [0.15, 0.2) is 47.6 Å². The van der Waals surface area contributed by atoms with Gasteiger partial charge in [0.05, 0.1) is 28.8 Å². The average molecular weight is 353 g/mol. The molecule has 1 aliphatic rings. The number of rotatable bonds is 4. The highest BCUT2D eigenvalue weighted by atomic mass is 35.5. The summed E-state index contributed by atoms with van der Waals surface area (Å²) in [7, 11) is 0. The van der Waals surface area contributed by atoms with Crippen molar-refractivity contribution < 1.29 is 9.57 Å². The molecule has 120 valence electrons. The second-order valence-electron chi connectivity index (χ2n) is 4.82. The van der Waals surface area contributed by atoms with Gasteiger partial charge >= 0.3 is 0 Å². The van der Waals surface area contributed by atoms with Crippen LogP contribution in [0, 0.1) is 5.21 Å². The lowest BCUT2D eigenvalue weighted by Crippen LogP contribution is -2.36. The third-order valence-electron chi connectivity index (χ3n) is 3.27. The van der Waals surface area contributed by atoms with Gasteiger partial charge in [-0.25, -0.2) is 10.1 Å². The molecule has 1 aromatic heterocycles. The molecule has 0 saturated carbocycles. The minimum atomic E-state index is 0.140. The van der Waals surface area contributed by atoms with Crippen LogP contribution in [0.25, 0.3) is 0 Å². The van der Waals surface area contributed by atoms with Gasteiger partial charge in [-0.3, -0.25) is 4.84 Å². The number of guanidine groups is 1. The predicted molar refractivity (Wildman–Crippen MR) is 89.3 cm³/mol. The summed E-state index contributed by atoms with van der Waals surface area (Å²) in [5.41, 5.74) is 1.08. The van der Waals surface area contributed by atoms with Crippen LogP contribution in [-0.2, 0) is 11.4 Å². The summed E-state index contributed by atoms with van der Waals surface area (Å²) < 4.78 is 0.769. The number of hydrogen-bond acceptors (Lipinski definition) is 5. The smallest absolute Gasteiger partial charge is 0.223 e. The van der Waals surface area contributed by atoms with E-state index in [-0.39, 0.29) is 6.61 Å². The van der Waals surface area contributed by atoms with Crippen molar-refractivity contribution in [2.24, 2.45) is 4.99 Å². The van der Waals surface area contributed by atoms with Gasteiger partial charge in [0, 0.05) is 12.1 Å². The van der Waals surface area contributed by atoms with Crippen molar-refractivity contribution in [3.8, 4) is 0 Å². The Morgan fingerprint density at radius 3 is 2.74 bits per heavy atom. The maximum absolute atomic E-state index is 11.6. The van der Waals surface area contributed by atoms with E-state index in [2.05, 4.69) is 10.3 Å². The van der Waals surface area contributed by atoms with Crippen LogP contribution >= 0.6 is 23.2 Å². The number of pyridine rings is 1. The molecule has 8 heteroatoms. The highest BCUT2D eigenvalue weighted by Crippen LogP contribution is 2.30. The summed E-state index contributed by atoms with van der Waals surface area (Å²) in [6.07, 6.45) is 1.43. The normalized spacial score (nSPS) is 14.0. The molecule has 0 saturated heterocycles. The van der Waals surface area contributed by atoms with E-state index in [1.54, 1.807) is 41.5 Å². The topological polar surface area (TPSA) is 63.8 Å². The Balaban J connectivity index is 1.68. The summed E-state index contributed by atoms with van der Waals surface area (Å²) in [4.78, 5) is 10.0. The zero-order valence-electron chi connectivity index (χ0n) is 12.1. The van der Waals surface area contributed by atoms with Gasteiger partial charge < -0.3 is 10.5 Å². The lowest BCUT2D eigenvalue weighted by molar-refractivity contribution is -0.617. The SMILES string of the molecule is [O-][n+]1ccccc1CON1CCN=C1Nc1c(Cl)cccc1Cl. The molecule has 0 spiro atoms. The zero-order valence-corrected chi connectivity index (χ0v) is 13.6. The summed E-state index contributed by atoms with van der Waals surface area (Å²) in [6.45, 7) is 1.30. The number of benzene rings is 1. The number of halogens is 2. The molecule has 0 atom stereocenters. The first-order valence-corrected chi connectivity index (χ1v) is 7.74. The number of aliphatic imine (C=N–C) groups is 1. The van der Waals surface area contributed by atoms with Crippen molar-refractivity contribution in [2.45, 2.75) is 6.61 Å². The third-order valence-corrected chi connectivity index (χ3v) is 3.90. The summed E-state index contributed by atoms with van der Waals surface area (Å²) in [6, 6.07) is 10.4. The summed E-state index contributed by atoms with van der Waals surface area (Å²) in [5, 5.41) is 17.3. The molecule has 1 aliphatic heterocycles. The van der Waals surface area contributed by atoms with Crippen LogP contribution in [0.1, 0.15) is 5.69 Å². The van der Waals surface area contributed by atoms with Crippen LogP contribution in [-0.4, -0.2) is 24.1 Å². The van der Waals surface area contributed by atoms with E-state index in [0.717, 1.165) is 4.73 Å². The molecule has 0 radical (unpaired) electrons. The van der Waals surface area contributed by atoms with Crippen molar-refractivity contribution >= 4 is 34.8 Å². The molecule has 1 aromatic carbocycles. The first-order valence-electron chi connectivity index (χ1n) is 6.98. The molecular weight excluding hydrogens is 339 g/mol. The van der Waals surface area contributed by atoms with E-state index in [0.29, 0.717) is 40.5 Å². The monoisotopic (exact) mass is 352 g/mol. The van der Waals surface area contributed by atoms with Gasteiger partial charge in [-0.15, -0.1) is 0 Å². The van der Waals surface area contributed by atoms with Crippen molar-refractivity contribution in [2.75, 3.05) is 18.4 Å². The van der Waals surface area contributed by atoms with Crippen molar-refractivity contribution in [1.82, 2.24) is 5.06 Å². The highest BCUT2D eigenvalue weighted by Gasteiger charge is 2.21. The second-order valence-corrected chi connectivity index (χ2v) is 5.63. The second kappa shape index (κ2) is 7.04. The fraction of sp³-hybridized carbons (Fsp3) is 0.200. The fourth-order valence-electron chi connectivity index (χ4n) is 2.11. The van der Waals surface area contributed by atoms with E-state index in [9.17, 15) is 5.21 Å². The predicted octanol–water partition coefficient (Wildman–Crippen LogP) is 2.84. The van der Waals surface area contributed by atoms with E-state index >= 15 is 0 Å². The van der Waals surface area contributed by atoms with Crippen molar-refractivity contribution in [1.29, 1.82) is 0 Å². The molecule has 0 unspecified atom stereocenters. The van der Waals surface area contributed by atoms with Crippen LogP contribution < -0.4 is 10.0 Å². The Labute approximate surface area is 143 Å². The number of hydroxylamine groups is 2. The standard InChI is InChI=1S/C15H14Cl2N4O2/c16-12-5-3-6-13(17)14(12)19-15-18-7-9-21(15)23-10-11-4-1-2-8-20(11)22/h1-6,8H,7,9-10H2,(H,18,19). The maximum Gasteiger partial charge on any atom is 0.223 e. The highest BCUT2D eigenvalue weighted by molar-refractivity contribution is 6.39. The Kier molecular flexibility index (Phi) is 4.85. The average Bonchev–Trinajstić information content (AvgIpc) is 2.97. The lowest BCUT2D eigenvalue weighted by Gasteiger charge is -2.20. The van der Waals surface area contributed by atoms with Crippen molar-refractivity contribution in [3.05, 3.63) is 63.5 Å². The number of anilines is 1. The van der Waals surface area contributed by atoms with Gasteiger partial charge in [-0.05, 0) is 18.2 Å². The van der Waals surface area contributed by atoms with Crippen molar-refractivity contribution in [3.63, 3.8) is 0 Å². The van der Waals surface area contributed by atoms with Gasteiger partial charge in [-0.1, -0.05) is 29.3 Å². The van der Waals surface area contributed by atoms with Gasteiger partial charge in [-0.2, -0.15) is 4.73 Å². The van der Waals surface area contributed by atoms with E-state index in [1.807, 2.05) is 0 Å². The van der Waals surface area contributed by atoms with Crippen LogP contribution in [0.2, 0.25) is 10.0 Å². The van der Waals surface area contributed by atoms with Gasteiger partial charge in [0.25, 0.3) is 0 Å². The van der Waals surface area contributed by atoms with Gasteiger partial charge in [0.2, 0.25) is 11.7 Å². The summed E-state index contributed by atoms with van der Waals surface area (Å²) >= 11 is 12.3. The van der Waals surface area contributed by atoms with E-state index < -0.39 is 0 Å². The zero-order chi connectivity index (χ0) is 16.2. The Morgan fingerprint density at radius 1 is 1.22 bits per heavy atom. The number of nitrogens with zero attached hydrogens (tertiary/aromatic N) is 3. The largest absolute Gasteiger partial charge is 0.618 e. The minimum absolute atomic E-state index is 0.140. The molecule has 0 amide bonds. The Morgan fingerprint density at radius 2 is 2.00 bits per heavy atom. The van der Waals surface area contributed by atoms with Crippen LogP contribution in [0.3, 0.4) is 0 Å². The molecule has 0 aliphatic carbocycles. The first-order chi connectivity index (χ1) is 11.1. The number of hydrogen-bond donors (Lipinski definition) is 1. The first kappa shape index (κ1) is 15.9. The van der Waals surface area contributed by atoms with E-state index in [1.165, 1.54) is 6.20 Å². The molecule has 6 nitrogen and oxygen atoms in total. The summed E-state index contributed by atoms with van der Waals surface area (Å²) in [5.74, 6) is 0.508. The molecule has 2 heterocycles. The van der Waals surface area contributed by atoms with Gasteiger partial charge in [0.1, 0.15) is 0 Å². The van der Waals surface area contributed by atoms with Gasteiger partial charge in [0.15, 0.2) is 12.8 Å².